The summed E-state index contributed by atoms with van der Waals surface area (Å²) < 4.78 is 2.39. The van der Waals surface area contributed by atoms with E-state index in [1.54, 1.807) is 0 Å². The lowest BCUT2D eigenvalue weighted by Crippen LogP contribution is -1.97. The van der Waals surface area contributed by atoms with Gasteiger partial charge in [0.2, 0.25) is 0 Å². The maximum Gasteiger partial charge on any atom is 0.160 e. The number of benzene rings is 8. The molecule has 11 rings (SSSR count). The molecule has 8 aromatic carbocycles. The van der Waals surface area contributed by atoms with Crippen molar-refractivity contribution in [1.82, 2.24) is 19.5 Å². The minimum atomic E-state index is 0.697. The molecule has 0 atom stereocenters. The van der Waals surface area contributed by atoms with Crippen LogP contribution in [0.4, 0.5) is 0 Å². The number of aryl methyl sites for hydroxylation is 4. The van der Waals surface area contributed by atoms with E-state index in [-0.39, 0.29) is 0 Å². The Hall–Kier alpha value is -7.69. The lowest BCUT2D eigenvalue weighted by Gasteiger charge is -2.15. The average molecular weight is 783 g/mol. The predicted molar refractivity (Wildman–Crippen MR) is 255 cm³/mol. The molecule has 0 fully saturated rings. The lowest BCUT2D eigenvalue weighted by molar-refractivity contribution is 1.18. The Morgan fingerprint density at radius 1 is 0.361 bits per heavy atom. The highest BCUT2D eigenvalue weighted by Crippen LogP contribution is 2.44. The quantitative estimate of drug-likeness (QED) is 0.158. The van der Waals surface area contributed by atoms with E-state index in [1.807, 2.05) is 0 Å². The molecule has 0 unspecified atom stereocenters. The summed E-state index contributed by atoms with van der Waals surface area (Å²) in [5.74, 6) is 0.697. The van der Waals surface area contributed by atoms with Gasteiger partial charge in [0.25, 0.3) is 0 Å². The molecule has 11 aromatic rings. The van der Waals surface area contributed by atoms with Crippen LogP contribution in [0.25, 0.3) is 105 Å². The number of para-hydroxylation sites is 3. The third-order valence-corrected chi connectivity index (χ3v) is 11.9. The molecule has 0 amide bonds. The van der Waals surface area contributed by atoms with Crippen LogP contribution in [0.2, 0.25) is 0 Å². The van der Waals surface area contributed by atoms with E-state index in [2.05, 4.69) is 214 Å². The smallest absolute Gasteiger partial charge is 0.160 e. The van der Waals surface area contributed by atoms with Crippen molar-refractivity contribution in [2.45, 2.75) is 27.7 Å². The van der Waals surface area contributed by atoms with Gasteiger partial charge >= 0.3 is 0 Å². The van der Waals surface area contributed by atoms with Crippen LogP contribution in [0.15, 0.2) is 182 Å². The minimum absolute atomic E-state index is 0.697. The third-order valence-electron chi connectivity index (χ3n) is 11.9. The zero-order valence-electron chi connectivity index (χ0n) is 34.6. The van der Waals surface area contributed by atoms with Crippen LogP contribution >= 0.6 is 0 Å². The van der Waals surface area contributed by atoms with Crippen molar-refractivity contribution in [2.75, 3.05) is 0 Å². The number of aromatic nitrogens is 4. The fourth-order valence-electron chi connectivity index (χ4n) is 9.40. The molecule has 0 aliphatic carbocycles. The fraction of sp³-hybridized carbons (Fsp3) is 0.0702. The fourth-order valence-corrected chi connectivity index (χ4v) is 9.40. The van der Waals surface area contributed by atoms with Crippen molar-refractivity contribution in [2.24, 2.45) is 0 Å². The molecule has 0 saturated heterocycles. The van der Waals surface area contributed by atoms with Gasteiger partial charge in [0.05, 0.1) is 33.6 Å². The Balaban J connectivity index is 1.12. The second kappa shape index (κ2) is 14.5. The van der Waals surface area contributed by atoms with Gasteiger partial charge in [0.1, 0.15) is 0 Å². The standard InChI is InChI=1S/C57H42N4/c1-35-28-36(2)31-42(30-35)49-34-50(43-32-37(3)29-38(4)33-43)59-57(58-49)41-24-22-39(23-25-41)45-19-13-20-47-53-48(55(60-56(45)47)40-14-7-5-8-15-40)26-27-52-54(53)46-18-11-12-21-51(46)61(52)44-16-9-6-10-17-44/h5-34H,1-4H3. The van der Waals surface area contributed by atoms with Crippen LogP contribution in [0.3, 0.4) is 0 Å². The van der Waals surface area contributed by atoms with Gasteiger partial charge in [-0.2, -0.15) is 0 Å². The highest BCUT2D eigenvalue weighted by Gasteiger charge is 2.21. The van der Waals surface area contributed by atoms with E-state index in [0.717, 1.165) is 72.4 Å². The van der Waals surface area contributed by atoms with Crippen molar-refractivity contribution in [1.29, 1.82) is 0 Å². The Bertz CT molecular complexity index is 3380. The number of rotatable bonds is 6. The minimum Gasteiger partial charge on any atom is -0.309 e. The van der Waals surface area contributed by atoms with Crippen LogP contribution in [-0.4, -0.2) is 19.5 Å². The molecular formula is C57H42N4. The maximum atomic E-state index is 5.57. The molecule has 0 bridgehead atoms. The summed E-state index contributed by atoms with van der Waals surface area (Å²) in [6.45, 7) is 8.56. The maximum absolute atomic E-state index is 5.57. The summed E-state index contributed by atoms with van der Waals surface area (Å²) in [5, 5.41) is 5.92. The summed E-state index contributed by atoms with van der Waals surface area (Å²) >= 11 is 0. The summed E-state index contributed by atoms with van der Waals surface area (Å²) in [6, 6.07) is 65.3. The van der Waals surface area contributed by atoms with E-state index in [1.165, 1.54) is 49.4 Å². The summed E-state index contributed by atoms with van der Waals surface area (Å²) in [6.07, 6.45) is 0. The zero-order chi connectivity index (χ0) is 41.2. The molecule has 0 aliphatic rings. The Labute approximate surface area is 355 Å². The summed E-state index contributed by atoms with van der Waals surface area (Å²) in [4.78, 5) is 16.0. The number of fused-ring (bicyclic) bond motifs is 7. The van der Waals surface area contributed by atoms with Crippen molar-refractivity contribution in [3.05, 3.63) is 204 Å². The number of hydrogen-bond acceptors (Lipinski definition) is 3. The molecule has 4 nitrogen and oxygen atoms in total. The highest BCUT2D eigenvalue weighted by molar-refractivity contribution is 6.30. The number of nitrogens with zero attached hydrogens (tertiary/aromatic N) is 4. The Morgan fingerprint density at radius 3 is 1.59 bits per heavy atom. The Kier molecular flexibility index (Phi) is 8.68. The van der Waals surface area contributed by atoms with Crippen LogP contribution in [0, 0.1) is 27.7 Å². The molecule has 3 heterocycles. The molecule has 0 spiro atoms. The van der Waals surface area contributed by atoms with E-state index >= 15 is 0 Å². The van der Waals surface area contributed by atoms with Crippen molar-refractivity contribution in [3.8, 4) is 62.0 Å². The SMILES string of the molecule is Cc1cc(C)cc(-c2cc(-c3cc(C)cc(C)c3)nc(-c3ccc(-c4cccc5c4nc(-c4ccccc4)c4ccc6c(c7ccccc7n6-c6ccccc6)c45)cc3)n2)c1. The second-order valence-electron chi connectivity index (χ2n) is 16.4. The molecule has 0 radical (unpaired) electrons. The van der Waals surface area contributed by atoms with Crippen LogP contribution in [0.1, 0.15) is 22.3 Å². The van der Waals surface area contributed by atoms with Crippen LogP contribution in [-0.2, 0) is 0 Å². The average Bonchev–Trinajstić information content (AvgIpc) is 3.63. The largest absolute Gasteiger partial charge is 0.309 e. The topological polar surface area (TPSA) is 43.6 Å². The molecule has 0 N–H and O–H groups in total. The highest BCUT2D eigenvalue weighted by atomic mass is 15.0. The Morgan fingerprint density at radius 2 is 0.934 bits per heavy atom. The van der Waals surface area contributed by atoms with E-state index in [4.69, 9.17) is 15.0 Å². The molecule has 61 heavy (non-hydrogen) atoms. The van der Waals surface area contributed by atoms with Gasteiger partial charge in [0, 0.05) is 60.4 Å². The first-order valence-corrected chi connectivity index (χ1v) is 20.9. The van der Waals surface area contributed by atoms with Crippen molar-refractivity contribution < 1.29 is 0 Å². The predicted octanol–water partition coefficient (Wildman–Crippen LogP) is 14.8. The second-order valence-corrected chi connectivity index (χ2v) is 16.4. The zero-order valence-corrected chi connectivity index (χ0v) is 34.6. The molecule has 0 aliphatic heterocycles. The van der Waals surface area contributed by atoms with E-state index < -0.39 is 0 Å². The summed E-state index contributed by atoms with van der Waals surface area (Å²) in [7, 11) is 0. The number of hydrogen-bond donors (Lipinski definition) is 0. The molecular weight excluding hydrogens is 741 g/mol. The molecule has 0 saturated carbocycles. The monoisotopic (exact) mass is 782 g/mol. The van der Waals surface area contributed by atoms with E-state index in [0.29, 0.717) is 5.82 Å². The van der Waals surface area contributed by atoms with E-state index in [9.17, 15) is 0 Å². The lowest BCUT2D eigenvalue weighted by atomic mass is 9.93. The van der Waals surface area contributed by atoms with Gasteiger partial charge in [0.15, 0.2) is 5.82 Å². The van der Waals surface area contributed by atoms with Gasteiger partial charge in [-0.05, 0) is 87.9 Å². The van der Waals surface area contributed by atoms with Gasteiger partial charge < -0.3 is 4.57 Å². The van der Waals surface area contributed by atoms with Crippen LogP contribution in [0.5, 0.6) is 0 Å². The van der Waals surface area contributed by atoms with Gasteiger partial charge in [-0.25, -0.2) is 15.0 Å². The summed E-state index contributed by atoms with van der Waals surface area (Å²) in [5.41, 5.74) is 18.5. The first kappa shape index (κ1) is 36.4. The first-order chi connectivity index (χ1) is 29.9. The normalized spacial score (nSPS) is 11.6. The number of pyridine rings is 1. The molecule has 3 aromatic heterocycles. The van der Waals surface area contributed by atoms with Crippen LogP contribution < -0.4 is 0 Å². The van der Waals surface area contributed by atoms with Crippen molar-refractivity contribution >= 4 is 43.5 Å². The third kappa shape index (κ3) is 6.36. The first-order valence-electron chi connectivity index (χ1n) is 20.9. The van der Waals surface area contributed by atoms with Gasteiger partial charge in [-0.3, -0.25) is 0 Å². The van der Waals surface area contributed by atoms with Crippen molar-refractivity contribution in [3.63, 3.8) is 0 Å². The van der Waals surface area contributed by atoms with Gasteiger partial charge in [-0.1, -0.05) is 150 Å². The molecule has 290 valence electrons. The van der Waals surface area contributed by atoms with Gasteiger partial charge in [-0.15, -0.1) is 0 Å². The molecule has 4 heteroatoms.